The Labute approximate surface area is 467 Å². The first kappa shape index (κ1) is 56.7. The Bertz CT molecular complexity index is 2330. The molecule has 6 saturated carbocycles. The molecule has 0 aromatic heterocycles. The van der Waals surface area contributed by atoms with Gasteiger partial charge in [-0.25, -0.2) is 0 Å². The highest BCUT2D eigenvalue weighted by molar-refractivity contribution is 5.70. The number of aromatic hydroxyl groups is 3. The van der Waals surface area contributed by atoms with Gasteiger partial charge in [0.2, 0.25) is 0 Å². The molecule has 0 spiro atoms. The van der Waals surface area contributed by atoms with E-state index in [1.165, 1.54) is 91.2 Å². The summed E-state index contributed by atoms with van der Waals surface area (Å²) in [7, 11) is 0. The van der Waals surface area contributed by atoms with E-state index < -0.39 is 0 Å². The largest absolute Gasteiger partial charge is 0.508 e. The first-order valence-electron chi connectivity index (χ1n) is 31.6. The maximum Gasteiger partial charge on any atom is 0.306 e. The van der Waals surface area contributed by atoms with Crippen molar-refractivity contribution in [1.29, 1.82) is 0 Å². The number of benzene rings is 3. The van der Waals surface area contributed by atoms with E-state index in [2.05, 4.69) is 59.7 Å². The summed E-state index contributed by atoms with van der Waals surface area (Å²) in [4.78, 5) is 36.6. The van der Waals surface area contributed by atoms with E-state index in [0.717, 1.165) is 96.3 Å². The van der Waals surface area contributed by atoms with Gasteiger partial charge >= 0.3 is 17.9 Å². The zero-order valence-electron chi connectivity index (χ0n) is 48.5. The van der Waals surface area contributed by atoms with Gasteiger partial charge in [-0.3, -0.25) is 14.4 Å². The van der Waals surface area contributed by atoms with Crippen molar-refractivity contribution < 1.29 is 43.9 Å². The summed E-state index contributed by atoms with van der Waals surface area (Å²) < 4.78 is 17.9. The minimum Gasteiger partial charge on any atom is -0.508 e. The second kappa shape index (κ2) is 23.9. The molecule has 0 saturated heterocycles. The molecule has 0 heterocycles. The van der Waals surface area contributed by atoms with Gasteiger partial charge in [-0.05, 0) is 258 Å². The lowest BCUT2D eigenvalue weighted by Crippen LogP contribution is -2.45. The van der Waals surface area contributed by atoms with Crippen molar-refractivity contribution >= 4 is 17.9 Å². The maximum absolute atomic E-state index is 12.2. The number of hydrogen-bond donors (Lipinski definition) is 3. The summed E-state index contributed by atoms with van der Waals surface area (Å²) in [5.41, 5.74) is 8.87. The summed E-state index contributed by atoms with van der Waals surface area (Å²) in [6, 6.07) is 17.9. The number of rotatable bonds is 12. The lowest BCUT2D eigenvalue weighted by Gasteiger charge is -2.50. The molecule has 9 heteroatoms. The molecule has 0 amide bonds. The second-order valence-corrected chi connectivity index (χ2v) is 27.0. The number of unbranched alkanes of at least 4 members (excludes halogenated alkanes) is 3. The lowest BCUT2D eigenvalue weighted by atomic mass is 9.55. The van der Waals surface area contributed by atoms with Crippen LogP contribution in [0.1, 0.15) is 247 Å². The van der Waals surface area contributed by atoms with Crippen molar-refractivity contribution in [2.45, 2.75) is 251 Å². The van der Waals surface area contributed by atoms with Gasteiger partial charge in [-0.15, -0.1) is 0 Å². The third-order valence-electron chi connectivity index (χ3n) is 22.9. The fourth-order valence-electron chi connectivity index (χ4n) is 18.8. The number of ether oxygens (including phenoxy) is 3. The number of phenolic OH excluding ortho intramolecular Hbond substituents is 3. The minimum atomic E-state index is 0.00492. The number of aryl methyl sites for hydroxylation is 3. The van der Waals surface area contributed by atoms with Crippen LogP contribution in [-0.2, 0) is 47.9 Å². The smallest absolute Gasteiger partial charge is 0.306 e. The summed E-state index contributed by atoms with van der Waals surface area (Å²) in [6.07, 6.45) is 28.4. The number of fused-ring (bicyclic) bond motifs is 15. The molecule has 3 aromatic carbocycles. The Morgan fingerprint density at radius 2 is 0.705 bits per heavy atom. The zero-order valence-corrected chi connectivity index (χ0v) is 48.5. The molecule has 78 heavy (non-hydrogen) atoms. The number of carbonyl (C=O) groups excluding carboxylic acids is 3. The Balaban J connectivity index is 0.000000132. The van der Waals surface area contributed by atoms with E-state index in [-0.39, 0.29) is 52.5 Å². The minimum absolute atomic E-state index is 0.00492. The van der Waals surface area contributed by atoms with Crippen LogP contribution >= 0.6 is 0 Å². The van der Waals surface area contributed by atoms with Crippen molar-refractivity contribution in [1.82, 2.24) is 0 Å². The fourth-order valence-corrected chi connectivity index (χ4v) is 18.8. The van der Waals surface area contributed by atoms with Gasteiger partial charge in [0, 0.05) is 35.5 Å². The number of esters is 3. The van der Waals surface area contributed by atoms with E-state index in [0.29, 0.717) is 89.8 Å². The first-order valence-corrected chi connectivity index (χ1v) is 31.6. The van der Waals surface area contributed by atoms with Gasteiger partial charge in [0.1, 0.15) is 35.6 Å². The lowest BCUT2D eigenvalue weighted by molar-refractivity contribution is -0.158. The molecule has 3 aromatic rings. The molecule has 12 rings (SSSR count). The van der Waals surface area contributed by atoms with E-state index in [1.807, 2.05) is 36.4 Å². The number of phenols is 3. The van der Waals surface area contributed by atoms with Crippen LogP contribution < -0.4 is 0 Å². The van der Waals surface area contributed by atoms with Gasteiger partial charge in [0.25, 0.3) is 0 Å². The second-order valence-electron chi connectivity index (χ2n) is 27.0. The monoisotopic (exact) mass is 1070 g/mol. The van der Waals surface area contributed by atoms with Crippen LogP contribution in [0.4, 0.5) is 0 Å². The molecule has 9 aliphatic carbocycles. The Kier molecular flexibility index (Phi) is 17.4. The summed E-state index contributed by atoms with van der Waals surface area (Å²) >= 11 is 0. The highest BCUT2D eigenvalue weighted by atomic mass is 16.6. The quantitative estimate of drug-likeness (QED) is 0.119. The topological polar surface area (TPSA) is 140 Å². The summed E-state index contributed by atoms with van der Waals surface area (Å²) in [5.74, 6) is 7.12. The van der Waals surface area contributed by atoms with Crippen LogP contribution in [0.25, 0.3) is 0 Å². The number of hydrogen-bond acceptors (Lipinski definition) is 9. The van der Waals surface area contributed by atoms with E-state index >= 15 is 0 Å². The Morgan fingerprint density at radius 3 is 0.974 bits per heavy atom. The van der Waals surface area contributed by atoms with Crippen LogP contribution in [0.5, 0.6) is 17.2 Å². The summed E-state index contributed by atoms with van der Waals surface area (Å²) in [5, 5.41) is 29.4. The molecule has 426 valence electrons. The standard InChI is InChI=1S/3C23H32O3/c3*1-3-4-5-22(25)26-21-11-10-20-19-8-6-15-14-16(24)7-9-17(15)18(19)12-13-23(20,21)2/h3*7,9,14,18-21,24H,3-6,8,10-13H2,1-2H3/t3*18-,19-,20+,21+,23+/m111/s1. The highest BCUT2D eigenvalue weighted by Crippen LogP contribution is 2.65. The van der Waals surface area contributed by atoms with Gasteiger partial charge in [-0.1, -0.05) is 79.0 Å². The van der Waals surface area contributed by atoms with Crippen LogP contribution in [0.2, 0.25) is 0 Å². The molecule has 0 aliphatic heterocycles. The Hall–Kier alpha value is -4.53. The van der Waals surface area contributed by atoms with E-state index in [1.54, 1.807) is 0 Å². The predicted octanol–water partition coefficient (Wildman–Crippen LogP) is 16.1. The van der Waals surface area contributed by atoms with Gasteiger partial charge < -0.3 is 29.5 Å². The van der Waals surface area contributed by atoms with Crippen molar-refractivity contribution in [3.63, 3.8) is 0 Å². The van der Waals surface area contributed by atoms with Crippen LogP contribution in [0.15, 0.2) is 54.6 Å². The first-order chi connectivity index (χ1) is 37.6. The van der Waals surface area contributed by atoms with E-state index in [9.17, 15) is 29.7 Å². The van der Waals surface area contributed by atoms with Gasteiger partial charge in [0.05, 0.1) is 0 Å². The van der Waals surface area contributed by atoms with Crippen molar-refractivity contribution in [3.8, 4) is 17.2 Å². The molecular formula is C69H96O9. The molecular weight excluding hydrogens is 973 g/mol. The van der Waals surface area contributed by atoms with Crippen molar-refractivity contribution in [2.75, 3.05) is 0 Å². The summed E-state index contributed by atoms with van der Waals surface area (Å²) in [6.45, 7) is 13.5. The van der Waals surface area contributed by atoms with Crippen molar-refractivity contribution in [3.05, 3.63) is 88.0 Å². The van der Waals surface area contributed by atoms with E-state index in [4.69, 9.17) is 14.2 Å². The number of carbonyl (C=O) groups is 3. The third-order valence-corrected chi connectivity index (χ3v) is 22.9. The molecule has 9 nitrogen and oxygen atoms in total. The normalized spacial score (nSPS) is 35.3. The van der Waals surface area contributed by atoms with Crippen molar-refractivity contribution in [2.24, 2.45) is 51.8 Å². The SMILES string of the molecule is CCCCC(=O)O[C@H]1CC[C@H]2[C@@H]3CCc4cc(O)ccc4[C@H]3CC[C@]12C.CCCCC(=O)O[C@H]1CC[C@H]2[C@@H]3CCc4cc(O)ccc4[C@H]3CC[C@]12C.CCCCC(=O)O[C@H]1CC[C@H]2[C@@H]3CCc4cc(O)ccc4[C@H]3CC[C@]12C. The van der Waals surface area contributed by atoms with Crippen LogP contribution in [0, 0.1) is 51.8 Å². The van der Waals surface area contributed by atoms with Crippen LogP contribution in [0.3, 0.4) is 0 Å². The predicted molar refractivity (Wildman–Crippen MR) is 306 cm³/mol. The fraction of sp³-hybridized carbons (Fsp3) is 0.696. The van der Waals surface area contributed by atoms with Gasteiger partial charge in [0.15, 0.2) is 0 Å². The molecule has 6 fully saturated rings. The Morgan fingerprint density at radius 1 is 0.423 bits per heavy atom. The van der Waals surface area contributed by atoms with Gasteiger partial charge in [-0.2, -0.15) is 0 Å². The molecule has 0 unspecified atom stereocenters. The molecule has 0 bridgehead atoms. The zero-order chi connectivity index (χ0) is 54.9. The molecule has 15 atom stereocenters. The third kappa shape index (κ3) is 11.1. The molecule has 0 radical (unpaired) electrons. The van der Waals surface area contributed by atoms with Crippen LogP contribution in [-0.4, -0.2) is 51.5 Å². The maximum atomic E-state index is 12.2. The average Bonchev–Trinajstić information content (AvgIpc) is 4.27. The molecule has 9 aliphatic rings. The highest BCUT2D eigenvalue weighted by Gasteiger charge is 2.59. The molecule has 3 N–H and O–H groups in total. The average molecular weight is 1070 g/mol.